The number of halogens is 2. The second-order valence-electron chi connectivity index (χ2n) is 9.47. The van der Waals surface area contributed by atoms with Gasteiger partial charge in [0.05, 0.1) is 11.7 Å². The summed E-state index contributed by atoms with van der Waals surface area (Å²) >= 11 is 12.5. The Morgan fingerprint density at radius 1 is 1.16 bits per heavy atom. The Labute approximate surface area is 241 Å². The van der Waals surface area contributed by atoms with Crippen molar-refractivity contribution in [3.63, 3.8) is 0 Å². The molecular formula is C23H30Cl2N8O3S2. The van der Waals surface area contributed by atoms with Gasteiger partial charge < -0.3 is 25.8 Å². The number of nitrogens with one attached hydrogen (secondary N) is 3. The van der Waals surface area contributed by atoms with Crippen LogP contribution in [0.4, 0.5) is 5.82 Å². The minimum atomic E-state index is -0.556. The van der Waals surface area contributed by atoms with E-state index in [0.29, 0.717) is 24.3 Å². The van der Waals surface area contributed by atoms with E-state index in [2.05, 4.69) is 36.0 Å². The van der Waals surface area contributed by atoms with E-state index in [4.69, 9.17) is 23.8 Å². The first-order chi connectivity index (χ1) is 17.6. The fourth-order valence-corrected chi connectivity index (χ4v) is 5.93. The number of anilines is 1. The van der Waals surface area contributed by atoms with Crippen molar-refractivity contribution in [1.29, 1.82) is 0 Å². The number of amides is 3. The third-order valence-corrected chi connectivity index (χ3v) is 8.06. The number of aromatic nitrogens is 3. The quantitative estimate of drug-likeness (QED) is 0.440. The third kappa shape index (κ3) is 7.35. The summed E-state index contributed by atoms with van der Waals surface area (Å²) < 4.78 is 0. The molecular weight excluding hydrogens is 571 g/mol. The molecule has 11 nitrogen and oxygen atoms in total. The second kappa shape index (κ2) is 13.1. The largest absolute Gasteiger partial charge is 0.367 e. The van der Waals surface area contributed by atoms with Gasteiger partial charge in [0.2, 0.25) is 5.91 Å². The van der Waals surface area contributed by atoms with Gasteiger partial charge in [-0.2, -0.15) is 0 Å². The number of nitrogens with zero attached hydrogens (tertiary/aromatic N) is 5. The summed E-state index contributed by atoms with van der Waals surface area (Å²) in [6, 6.07) is 2.25. The molecule has 1 saturated carbocycles. The Hall–Kier alpha value is -2.45. The van der Waals surface area contributed by atoms with Crippen LogP contribution in [0.1, 0.15) is 39.6 Å². The van der Waals surface area contributed by atoms with Gasteiger partial charge in [-0.25, -0.2) is 4.98 Å². The lowest BCUT2D eigenvalue weighted by atomic mass is 9.81. The zero-order valence-electron chi connectivity index (χ0n) is 21.2. The van der Waals surface area contributed by atoms with Crippen LogP contribution >= 0.6 is 47.6 Å². The highest BCUT2D eigenvalue weighted by atomic mass is 35.5. The summed E-state index contributed by atoms with van der Waals surface area (Å²) in [5.41, 5.74) is 0.968. The molecule has 1 fully saturated rings. The lowest BCUT2D eigenvalue weighted by Gasteiger charge is -2.37. The summed E-state index contributed by atoms with van der Waals surface area (Å²) in [5, 5.41) is 16.8. The number of likely N-dealkylation sites (N-methyl/N-ethyl adjacent to an activating group) is 1. The highest BCUT2D eigenvalue weighted by molar-refractivity contribution is 7.82. The lowest BCUT2D eigenvalue weighted by Crippen LogP contribution is -2.57. The molecule has 3 atom stereocenters. The van der Waals surface area contributed by atoms with Crippen LogP contribution in [0.5, 0.6) is 0 Å². The van der Waals surface area contributed by atoms with E-state index < -0.39 is 11.9 Å². The maximum absolute atomic E-state index is 13.2. The fraction of sp³-hybridized carbons (Fsp3) is 0.522. The molecule has 3 N–H and O–H groups in total. The average Bonchev–Trinajstić information content (AvgIpc) is 3.29. The highest BCUT2D eigenvalue weighted by Crippen LogP contribution is 2.28. The van der Waals surface area contributed by atoms with Gasteiger partial charge in [-0.1, -0.05) is 23.8 Å². The normalized spacial score (nSPS) is 20.9. The van der Waals surface area contributed by atoms with Crippen molar-refractivity contribution in [1.82, 2.24) is 35.6 Å². The molecule has 0 saturated heterocycles. The number of fused-ring (bicyclic) bond motifs is 1. The van der Waals surface area contributed by atoms with Crippen molar-refractivity contribution < 1.29 is 14.4 Å². The summed E-state index contributed by atoms with van der Waals surface area (Å²) in [6.45, 7) is 1.68. The van der Waals surface area contributed by atoms with Crippen molar-refractivity contribution >= 4 is 76.1 Å². The van der Waals surface area contributed by atoms with E-state index >= 15 is 0 Å². The Bertz CT molecular complexity index is 1190. The zero-order chi connectivity index (χ0) is 26.7. The molecule has 38 heavy (non-hydrogen) atoms. The topological polar surface area (TPSA) is 132 Å². The first kappa shape index (κ1) is 30.1. The molecule has 0 unspecified atom stereocenters. The first-order valence-corrected chi connectivity index (χ1v) is 13.5. The zero-order valence-corrected chi connectivity index (χ0v) is 24.4. The predicted octanol–water partition coefficient (Wildman–Crippen LogP) is 1.91. The molecule has 0 spiro atoms. The molecule has 3 heterocycles. The van der Waals surface area contributed by atoms with Gasteiger partial charge in [-0.3, -0.25) is 14.4 Å². The SMILES string of the molecule is CN1CCc2nc(C(=O)N[C@@H]3C[C@@H](C(=O)N(C)C)CC[C@@H]3NC(=S)C(=O)Nc3ccc(Cl)nn3)sc2C1.Cl. The van der Waals surface area contributed by atoms with Gasteiger partial charge in [-0.15, -0.1) is 33.9 Å². The van der Waals surface area contributed by atoms with Crippen molar-refractivity contribution in [2.75, 3.05) is 33.0 Å². The Kier molecular flexibility index (Phi) is 10.4. The van der Waals surface area contributed by atoms with Crippen LogP contribution < -0.4 is 16.0 Å². The number of carbonyl (C=O) groups is 3. The molecule has 0 bridgehead atoms. The lowest BCUT2D eigenvalue weighted by molar-refractivity contribution is -0.134. The van der Waals surface area contributed by atoms with Crippen LogP contribution in [0.3, 0.4) is 0 Å². The third-order valence-electron chi connectivity index (χ3n) is 6.47. The Balaban J connectivity index is 0.00000400. The average molecular weight is 602 g/mol. The number of thiazole rings is 1. The maximum Gasteiger partial charge on any atom is 0.284 e. The molecule has 2 aromatic rings. The van der Waals surface area contributed by atoms with E-state index in [0.717, 1.165) is 30.1 Å². The van der Waals surface area contributed by atoms with Crippen LogP contribution in [0.15, 0.2) is 12.1 Å². The summed E-state index contributed by atoms with van der Waals surface area (Å²) in [4.78, 5) is 47.9. The van der Waals surface area contributed by atoms with E-state index in [1.54, 1.807) is 19.0 Å². The van der Waals surface area contributed by atoms with E-state index in [9.17, 15) is 14.4 Å². The molecule has 4 rings (SSSR count). The Morgan fingerprint density at radius 2 is 1.92 bits per heavy atom. The van der Waals surface area contributed by atoms with Crippen molar-refractivity contribution in [2.45, 2.75) is 44.3 Å². The number of thiocarbonyl (C=S) groups is 1. The maximum atomic E-state index is 13.2. The van der Waals surface area contributed by atoms with Crippen LogP contribution in [-0.2, 0) is 22.6 Å². The minimum absolute atomic E-state index is 0. The monoisotopic (exact) mass is 600 g/mol. The van der Waals surface area contributed by atoms with Gasteiger partial charge in [0.1, 0.15) is 0 Å². The van der Waals surface area contributed by atoms with Crippen molar-refractivity contribution in [3.05, 3.63) is 32.9 Å². The summed E-state index contributed by atoms with van der Waals surface area (Å²) in [5.74, 6) is -0.874. The molecule has 2 aliphatic rings. The Morgan fingerprint density at radius 3 is 2.61 bits per heavy atom. The smallest absolute Gasteiger partial charge is 0.284 e. The number of carbonyl (C=O) groups excluding carboxylic acids is 3. The highest BCUT2D eigenvalue weighted by Gasteiger charge is 2.37. The predicted molar refractivity (Wildman–Crippen MR) is 152 cm³/mol. The van der Waals surface area contributed by atoms with Gasteiger partial charge in [0.25, 0.3) is 11.8 Å². The molecule has 0 aromatic carbocycles. The van der Waals surface area contributed by atoms with E-state index in [1.165, 1.54) is 23.5 Å². The molecule has 1 aliphatic heterocycles. The first-order valence-electron chi connectivity index (χ1n) is 11.9. The molecule has 3 amide bonds. The van der Waals surface area contributed by atoms with Crippen molar-refractivity contribution in [2.24, 2.45) is 5.92 Å². The van der Waals surface area contributed by atoms with Crippen LogP contribution in [0.25, 0.3) is 0 Å². The van der Waals surface area contributed by atoms with Crippen LogP contribution in [0.2, 0.25) is 5.15 Å². The summed E-state index contributed by atoms with van der Waals surface area (Å²) in [7, 11) is 5.48. The number of rotatable bonds is 5. The molecule has 15 heteroatoms. The van der Waals surface area contributed by atoms with E-state index in [1.807, 2.05) is 7.05 Å². The van der Waals surface area contributed by atoms with E-state index in [-0.39, 0.29) is 52.1 Å². The van der Waals surface area contributed by atoms with Crippen LogP contribution in [-0.4, -0.2) is 87.5 Å². The van der Waals surface area contributed by atoms with Gasteiger partial charge >= 0.3 is 0 Å². The summed E-state index contributed by atoms with van der Waals surface area (Å²) in [6.07, 6.45) is 2.37. The molecule has 206 valence electrons. The van der Waals surface area contributed by atoms with Gasteiger partial charge in [-0.05, 0) is 38.4 Å². The second-order valence-corrected chi connectivity index (χ2v) is 11.4. The number of hydrogen-bond acceptors (Lipinski definition) is 9. The van der Waals surface area contributed by atoms with Crippen LogP contribution in [0, 0.1) is 5.92 Å². The molecule has 1 aliphatic carbocycles. The number of hydrogen-bond donors (Lipinski definition) is 3. The molecule has 0 radical (unpaired) electrons. The van der Waals surface area contributed by atoms with Crippen molar-refractivity contribution in [3.8, 4) is 0 Å². The minimum Gasteiger partial charge on any atom is -0.367 e. The van der Waals surface area contributed by atoms with Gasteiger partial charge in [0.15, 0.2) is 21.0 Å². The standard InChI is InChI=1S/C23H29ClN8O3S2.ClH/c1-31(2)23(35)12-4-5-13(26-21(36)19(33)28-18-7-6-17(24)29-30-18)15(10-12)25-20(34)22-27-14-8-9-32(3)11-16(14)37-22;/h6-7,12-13,15H,4-5,8-11H2,1-3H3,(H,25,34)(H,26,36)(H,28,30,33);1H/t12-,13-,15+;/m0./s1. The van der Waals surface area contributed by atoms with Gasteiger partial charge in [0, 0.05) is 50.4 Å². The fourth-order valence-electron chi connectivity index (χ4n) is 4.53. The molecule has 2 aromatic heterocycles.